The number of aromatic hydroxyl groups is 1. The summed E-state index contributed by atoms with van der Waals surface area (Å²) in [5.74, 6) is 0.305. The Bertz CT molecular complexity index is 525. The first-order chi connectivity index (χ1) is 8.69. The van der Waals surface area contributed by atoms with Gasteiger partial charge in [0.05, 0.1) is 11.7 Å². The monoisotopic (exact) mass is 242 g/mol. The molecule has 0 amide bonds. The maximum atomic E-state index is 9.48. The minimum Gasteiger partial charge on any atom is -0.508 e. The Balaban J connectivity index is 2.19. The van der Waals surface area contributed by atoms with E-state index < -0.39 is 0 Å². The van der Waals surface area contributed by atoms with Crippen molar-refractivity contribution in [3.63, 3.8) is 0 Å². The fourth-order valence-electron chi connectivity index (χ4n) is 2.02. The number of benzene rings is 1. The molecule has 0 aliphatic rings. The Kier molecular flexibility index (Phi) is 3.95. The number of phenols is 1. The molecule has 0 aliphatic carbocycles. The van der Waals surface area contributed by atoms with E-state index in [0.29, 0.717) is 5.75 Å². The Morgan fingerprint density at radius 3 is 2.78 bits per heavy atom. The molecular formula is C15H18N2O. The lowest BCUT2D eigenvalue weighted by Gasteiger charge is -2.16. The summed E-state index contributed by atoms with van der Waals surface area (Å²) in [4.78, 5) is 4.40. The van der Waals surface area contributed by atoms with Crippen LogP contribution in [0.25, 0.3) is 0 Å². The first-order valence-electron chi connectivity index (χ1n) is 6.07. The van der Waals surface area contributed by atoms with Crippen LogP contribution in [-0.2, 0) is 6.42 Å². The van der Waals surface area contributed by atoms with E-state index in [4.69, 9.17) is 0 Å². The second-order valence-corrected chi connectivity index (χ2v) is 4.47. The second-order valence-electron chi connectivity index (χ2n) is 4.47. The van der Waals surface area contributed by atoms with Crippen LogP contribution >= 0.6 is 0 Å². The smallest absolute Gasteiger partial charge is 0.115 e. The summed E-state index contributed by atoms with van der Waals surface area (Å²) >= 11 is 0. The maximum absolute atomic E-state index is 9.48. The highest BCUT2D eigenvalue weighted by Crippen LogP contribution is 2.19. The van der Waals surface area contributed by atoms with Gasteiger partial charge in [-0.05, 0) is 55.8 Å². The molecular weight excluding hydrogens is 224 g/mol. The van der Waals surface area contributed by atoms with Crippen LogP contribution in [0.3, 0.4) is 0 Å². The third-order valence-electron chi connectivity index (χ3n) is 2.99. The lowest BCUT2D eigenvalue weighted by molar-refractivity contribution is 0.473. The average molecular weight is 242 g/mol. The number of phenolic OH excluding ortho intramolecular Hbond substituents is 1. The molecule has 0 spiro atoms. The van der Waals surface area contributed by atoms with E-state index >= 15 is 0 Å². The van der Waals surface area contributed by atoms with Gasteiger partial charge in [-0.15, -0.1) is 0 Å². The van der Waals surface area contributed by atoms with Crippen LogP contribution < -0.4 is 5.32 Å². The topological polar surface area (TPSA) is 45.1 Å². The van der Waals surface area contributed by atoms with Gasteiger partial charge in [0.25, 0.3) is 0 Å². The zero-order chi connectivity index (χ0) is 13.0. The number of aryl methyl sites for hydroxylation is 1. The molecule has 0 saturated carbocycles. The van der Waals surface area contributed by atoms with E-state index in [1.165, 1.54) is 5.56 Å². The highest BCUT2D eigenvalue weighted by molar-refractivity contribution is 5.29. The predicted octanol–water partition coefficient (Wildman–Crippen LogP) is 2.60. The molecule has 3 heteroatoms. The van der Waals surface area contributed by atoms with E-state index in [-0.39, 0.29) is 6.04 Å². The van der Waals surface area contributed by atoms with Gasteiger partial charge in [0, 0.05) is 6.20 Å². The molecule has 2 rings (SSSR count). The third kappa shape index (κ3) is 3.08. The lowest BCUT2D eigenvalue weighted by atomic mass is 10.0. The van der Waals surface area contributed by atoms with E-state index in [0.717, 1.165) is 17.7 Å². The Morgan fingerprint density at radius 1 is 1.28 bits per heavy atom. The summed E-state index contributed by atoms with van der Waals surface area (Å²) in [6.45, 7) is 2.06. The third-order valence-corrected chi connectivity index (χ3v) is 2.99. The summed E-state index contributed by atoms with van der Waals surface area (Å²) in [5.41, 5.74) is 3.33. The fraction of sp³-hybridized carbons (Fsp3) is 0.267. The number of likely N-dealkylation sites (N-methyl/N-ethyl adjacent to an activating group) is 1. The fourth-order valence-corrected chi connectivity index (χ4v) is 2.02. The molecule has 1 aromatic carbocycles. The predicted molar refractivity (Wildman–Crippen MR) is 72.6 cm³/mol. The molecule has 1 heterocycles. The minimum atomic E-state index is 0.159. The highest BCUT2D eigenvalue weighted by atomic mass is 16.3. The first kappa shape index (κ1) is 12.6. The van der Waals surface area contributed by atoms with Crippen molar-refractivity contribution in [1.29, 1.82) is 0 Å². The number of hydrogen-bond acceptors (Lipinski definition) is 3. The molecule has 2 N–H and O–H groups in total. The SMILES string of the molecule is CNC(Cc1cccc(O)c1)c1cc(C)ccn1. The second kappa shape index (κ2) is 5.65. The largest absolute Gasteiger partial charge is 0.508 e. The average Bonchev–Trinajstić information content (AvgIpc) is 2.36. The normalized spacial score (nSPS) is 12.3. The number of nitrogens with one attached hydrogen (secondary N) is 1. The van der Waals surface area contributed by atoms with E-state index in [2.05, 4.69) is 23.3 Å². The van der Waals surface area contributed by atoms with Crippen LogP contribution in [0.4, 0.5) is 0 Å². The quantitative estimate of drug-likeness (QED) is 0.866. The Hall–Kier alpha value is -1.87. The van der Waals surface area contributed by atoms with Crippen molar-refractivity contribution >= 4 is 0 Å². The summed E-state index contributed by atoms with van der Waals surface area (Å²) < 4.78 is 0. The van der Waals surface area contributed by atoms with Crippen LogP contribution in [0, 0.1) is 6.92 Å². The molecule has 3 nitrogen and oxygen atoms in total. The van der Waals surface area contributed by atoms with Gasteiger partial charge in [0.2, 0.25) is 0 Å². The number of hydrogen-bond donors (Lipinski definition) is 2. The van der Waals surface area contributed by atoms with Crippen LogP contribution in [0.2, 0.25) is 0 Å². The summed E-state index contributed by atoms with van der Waals surface area (Å²) in [7, 11) is 1.93. The Morgan fingerprint density at radius 2 is 2.11 bits per heavy atom. The van der Waals surface area contributed by atoms with Gasteiger partial charge < -0.3 is 10.4 Å². The van der Waals surface area contributed by atoms with Gasteiger partial charge in [0.1, 0.15) is 5.75 Å². The molecule has 0 radical (unpaired) electrons. The van der Waals surface area contributed by atoms with Gasteiger partial charge in [-0.25, -0.2) is 0 Å². The van der Waals surface area contributed by atoms with Gasteiger partial charge >= 0.3 is 0 Å². The van der Waals surface area contributed by atoms with Crippen molar-refractivity contribution < 1.29 is 5.11 Å². The molecule has 1 atom stereocenters. The molecule has 0 fully saturated rings. The number of nitrogens with zero attached hydrogens (tertiary/aromatic N) is 1. The van der Waals surface area contributed by atoms with E-state index in [9.17, 15) is 5.11 Å². The zero-order valence-corrected chi connectivity index (χ0v) is 10.7. The molecule has 1 unspecified atom stereocenters. The van der Waals surface area contributed by atoms with Crippen LogP contribution in [0.15, 0.2) is 42.6 Å². The van der Waals surface area contributed by atoms with Crippen LogP contribution in [0.1, 0.15) is 22.9 Å². The van der Waals surface area contributed by atoms with Crippen molar-refractivity contribution in [3.8, 4) is 5.75 Å². The molecule has 2 aromatic rings. The van der Waals surface area contributed by atoms with Crippen LogP contribution in [0.5, 0.6) is 5.75 Å². The van der Waals surface area contributed by atoms with Gasteiger partial charge in [-0.1, -0.05) is 12.1 Å². The van der Waals surface area contributed by atoms with Crippen molar-refractivity contribution in [2.24, 2.45) is 0 Å². The van der Waals surface area contributed by atoms with E-state index in [1.54, 1.807) is 12.1 Å². The van der Waals surface area contributed by atoms with Gasteiger partial charge in [-0.3, -0.25) is 4.98 Å². The van der Waals surface area contributed by atoms with Gasteiger partial charge in [0.15, 0.2) is 0 Å². The number of rotatable bonds is 4. The highest BCUT2D eigenvalue weighted by Gasteiger charge is 2.11. The maximum Gasteiger partial charge on any atom is 0.115 e. The van der Waals surface area contributed by atoms with Crippen LogP contribution in [-0.4, -0.2) is 17.1 Å². The summed E-state index contributed by atoms with van der Waals surface area (Å²) in [6, 6.07) is 11.6. The number of pyridine rings is 1. The van der Waals surface area contributed by atoms with E-state index in [1.807, 2.05) is 31.4 Å². The summed E-state index contributed by atoms with van der Waals surface area (Å²) in [5, 5.41) is 12.7. The van der Waals surface area contributed by atoms with Gasteiger partial charge in [-0.2, -0.15) is 0 Å². The Labute approximate surface area is 108 Å². The lowest BCUT2D eigenvalue weighted by Crippen LogP contribution is -2.20. The number of aromatic nitrogens is 1. The summed E-state index contributed by atoms with van der Waals surface area (Å²) in [6.07, 6.45) is 2.64. The molecule has 94 valence electrons. The molecule has 0 aliphatic heterocycles. The van der Waals surface area contributed by atoms with Crippen molar-refractivity contribution in [3.05, 3.63) is 59.4 Å². The standard InChI is InChI=1S/C15H18N2O/c1-11-6-7-17-15(8-11)14(16-2)10-12-4-3-5-13(18)9-12/h3-9,14,16,18H,10H2,1-2H3. The molecule has 0 saturated heterocycles. The molecule has 1 aromatic heterocycles. The molecule has 0 bridgehead atoms. The first-order valence-corrected chi connectivity index (χ1v) is 6.07. The molecule has 18 heavy (non-hydrogen) atoms. The van der Waals surface area contributed by atoms with Crippen molar-refractivity contribution in [2.45, 2.75) is 19.4 Å². The zero-order valence-electron chi connectivity index (χ0n) is 10.7. The van der Waals surface area contributed by atoms with Crippen molar-refractivity contribution in [2.75, 3.05) is 7.05 Å². The van der Waals surface area contributed by atoms with Crippen molar-refractivity contribution in [1.82, 2.24) is 10.3 Å². The minimum absolute atomic E-state index is 0.159.